The van der Waals surface area contributed by atoms with Crippen molar-refractivity contribution < 1.29 is 9.59 Å². The van der Waals surface area contributed by atoms with Gasteiger partial charge in [-0.15, -0.1) is 0 Å². The van der Waals surface area contributed by atoms with E-state index in [2.05, 4.69) is 11.9 Å². The molecule has 5 heteroatoms. The molecule has 2 aliphatic heterocycles. The average molecular weight is 355 g/mol. The van der Waals surface area contributed by atoms with Gasteiger partial charge in [-0.2, -0.15) is 0 Å². The van der Waals surface area contributed by atoms with Gasteiger partial charge in [-0.25, -0.2) is 0 Å². The van der Waals surface area contributed by atoms with Gasteiger partial charge < -0.3 is 9.80 Å². The lowest BCUT2D eigenvalue weighted by molar-refractivity contribution is -0.148. The third-order valence-electron chi connectivity index (χ3n) is 6.51. The third-order valence-corrected chi connectivity index (χ3v) is 6.51. The zero-order valence-electron chi connectivity index (χ0n) is 15.9. The standard InChI is InChI=1S/C21H29N3O2/c1-15-11-17(12-15)19(25)24-9-4-7-21(14-24)8-10-23(20(21)26)13-18-6-3-5-16(2)22-18/h3,5-6,15,17H,4,7-14H2,1-2H3. The molecule has 4 rings (SSSR count). The fraction of sp³-hybridized carbons (Fsp3) is 0.667. The van der Waals surface area contributed by atoms with Gasteiger partial charge in [-0.3, -0.25) is 14.6 Å². The quantitative estimate of drug-likeness (QED) is 0.838. The summed E-state index contributed by atoms with van der Waals surface area (Å²) in [6, 6.07) is 5.96. The van der Waals surface area contributed by atoms with Crippen molar-refractivity contribution in [2.24, 2.45) is 17.3 Å². The molecule has 0 aromatic carbocycles. The van der Waals surface area contributed by atoms with Gasteiger partial charge in [0.15, 0.2) is 0 Å². The van der Waals surface area contributed by atoms with E-state index in [-0.39, 0.29) is 23.1 Å². The maximum atomic E-state index is 13.2. The molecule has 1 atom stereocenters. The molecule has 2 saturated heterocycles. The Labute approximate surface area is 155 Å². The van der Waals surface area contributed by atoms with Gasteiger partial charge >= 0.3 is 0 Å². The normalized spacial score (nSPS) is 31.4. The minimum Gasteiger partial charge on any atom is -0.341 e. The molecule has 1 aromatic heterocycles. The largest absolute Gasteiger partial charge is 0.341 e. The number of amides is 2. The van der Waals surface area contributed by atoms with Crippen LogP contribution in [0, 0.1) is 24.2 Å². The fourth-order valence-corrected chi connectivity index (χ4v) is 4.99. The maximum Gasteiger partial charge on any atom is 0.231 e. The van der Waals surface area contributed by atoms with Crippen molar-refractivity contribution in [3.05, 3.63) is 29.6 Å². The molecule has 3 fully saturated rings. The molecule has 140 valence electrons. The van der Waals surface area contributed by atoms with Crippen LogP contribution >= 0.6 is 0 Å². The topological polar surface area (TPSA) is 53.5 Å². The van der Waals surface area contributed by atoms with Gasteiger partial charge in [0, 0.05) is 31.2 Å². The minimum absolute atomic E-state index is 0.198. The number of likely N-dealkylation sites (tertiary alicyclic amines) is 2. The Kier molecular flexibility index (Phi) is 4.49. The number of aryl methyl sites for hydroxylation is 1. The lowest BCUT2D eigenvalue weighted by atomic mass is 9.73. The lowest BCUT2D eigenvalue weighted by Crippen LogP contribution is -2.52. The number of hydrogen-bond acceptors (Lipinski definition) is 3. The van der Waals surface area contributed by atoms with E-state index in [4.69, 9.17) is 0 Å². The van der Waals surface area contributed by atoms with Crippen molar-refractivity contribution in [1.82, 2.24) is 14.8 Å². The van der Waals surface area contributed by atoms with Crippen molar-refractivity contribution >= 4 is 11.8 Å². The third kappa shape index (κ3) is 3.12. The van der Waals surface area contributed by atoms with Crippen LogP contribution in [0.4, 0.5) is 0 Å². The van der Waals surface area contributed by atoms with Crippen LogP contribution in [0.3, 0.4) is 0 Å². The summed E-state index contributed by atoms with van der Waals surface area (Å²) in [5.41, 5.74) is 1.57. The van der Waals surface area contributed by atoms with E-state index in [1.165, 1.54) is 0 Å². The number of aromatic nitrogens is 1. The van der Waals surface area contributed by atoms with E-state index in [0.29, 0.717) is 19.0 Å². The van der Waals surface area contributed by atoms with Crippen LogP contribution < -0.4 is 0 Å². The highest BCUT2D eigenvalue weighted by atomic mass is 16.2. The number of nitrogens with zero attached hydrogens (tertiary/aromatic N) is 3. The van der Waals surface area contributed by atoms with Crippen molar-refractivity contribution in [3.8, 4) is 0 Å². The molecule has 26 heavy (non-hydrogen) atoms. The first kappa shape index (κ1) is 17.5. The Hall–Kier alpha value is -1.91. The first-order valence-corrected chi connectivity index (χ1v) is 9.97. The van der Waals surface area contributed by atoms with E-state index in [1.807, 2.05) is 34.9 Å². The predicted molar refractivity (Wildman–Crippen MR) is 99.1 cm³/mol. The number of piperidine rings is 1. The zero-order chi connectivity index (χ0) is 18.3. The molecule has 1 aliphatic carbocycles. The molecule has 1 saturated carbocycles. The summed E-state index contributed by atoms with van der Waals surface area (Å²) in [6.45, 7) is 6.97. The van der Waals surface area contributed by atoms with E-state index in [0.717, 1.165) is 56.6 Å². The molecule has 2 amide bonds. The number of rotatable bonds is 3. The van der Waals surface area contributed by atoms with Crippen LogP contribution in [-0.2, 0) is 16.1 Å². The maximum absolute atomic E-state index is 13.2. The minimum atomic E-state index is -0.354. The lowest BCUT2D eigenvalue weighted by Gasteiger charge is -2.42. The van der Waals surface area contributed by atoms with Crippen LogP contribution in [0.2, 0.25) is 0 Å². The van der Waals surface area contributed by atoms with Gasteiger partial charge in [0.05, 0.1) is 17.7 Å². The number of carbonyl (C=O) groups is 2. The highest BCUT2D eigenvalue weighted by molar-refractivity contribution is 5.87. The summed E-state index contributed by atoms with van der Waals surface area (Å²) in [4.78, 5) is 34.5. The Morgan fingerprint density at radius 3 is 2.81 bits per heavy atom. The second-order valence-electron chi connectivity index (χ2n) is 8.66. The Morgan fingerprint density at radius 2 is 2.08 bits per heavy atom. The molecule has 5 nitrogen and oxygen atoms in total. The Bertz CT molecular complexity index is 713. The average Bonchev–Trinajstić information content (AvgIpc) is 2.88. The molecule has 1 aromatic rings. The van der Waals surface area contributed by atoms with Gasteiger partial charge in [0.25, 0.3) is 0 Å². The summed E-state index contributed by atoms with van der Waals surface area (Å²) in [5, 5.41) is 0. The number of hydrogen-bond donors (Lipinski definition) is 0. The van der Waals surface area contributed by atoms with Crippen molar-refractivity contribution in [2.45, 2.75) is 52.5 Å². The molecule has 0 bridgehead atoms. The van der Waals surface area contributed by atoms with Crippen molar-refractivity contribution in [2.75, 3.05) is 19.6 Å². The van der Waals surface area contributed by atoms with Crippen LogP contribution in [0.1, 0.15) is 50.4 Å². The molecule has 3 heterocycles. The van der Waals surface area contributed by atoms with E-state index in [1.54, 1.807) is 0 Å². The number of carbonyl (C=O) groups excluding carboxylic acids is 2. The van der Waals surface area contributed by atoms with E-state index < -0.39 is 0 Å². The predicted octanol–water partition coefficient (Wildman–Crippen LogP) is 2.78. The first-order chi connectivity index (χ1) is 12.5. The first-order valence-electron chi connectivity index (χ1n) is 9.97. The van der Waals surface area contributed by atoms with Crippen LogP contribution in [0.15, 0.2) is 18.2 Å². The van der Waals surface area contributed by atoms with Gasteiger partial charge in [-0.05, 0) is 57.1 Å². The smallest absolute Gasteiger partial charge is 0.231 e. The van der Waals surface area contributed by atoms with Gasteiger partial charge in [-0.1, -0.05) is 13.0 Å². The molecular formula is C21H29N3O2. The van der Waals surface area contributed by atoms with Crippen LogP contribution in [-0.4, -0.2) is 46.2 Å². The summed E-state index contributed by atoms with van der Waals surface area (Å²) in [6.07, 6.45) is 4.75. The van der Waals surface area contributed by atoms with E-state index in [9.17, 15) is 9.59 Å². The van der Waals surface area contributed by atoms with E-state index >= 15 is 0 Å². The molecular weight excluding hydrogens is 326 g/mol. The van der Waals surface area contributed by atoms with Crippen LogP contribution in [0.25, 0.3) is 0 Å². The zero-order valence-corrected chi connectivity index (χ0v) is 15.9. The van der Waals surface area contributed by atoms with Crippen molar-refractivity contribution in [1.29, 1.82) is 0 Å². The monoisotopic (exact) mass is 355 g/mol. The second kappa shape index (κ2) is 6.67. The summed E-state index contributed by atoms with van der Waals surface area (Å²) in [7, 11) is 0. The Balaban J connectivity index is 1.43. The molecule has 1 unspecified atom stereocenters. The second-order valence-corrected chi connectivity index (χ2v) is 8.66. The highest BCUT2D eigenvalue weighted by Gasteiger charge is 2.50. The summed E-state index contributed by atoms with van der Waals surface area (Å²) in [5.74, 6) is 1.38. The molecule has 1 spiro atoms. The summed E-state index contributed by atoms with van der Waals surface area (Å²) < 4.78 is 0. The molecule has 0 N–H and O–H groups in total. The Morgan fingerprint density at radius 1 is 1.27 bits per heavy atom. The summed E-state index contributed by atoms with van der Waals surface area (Å²) >= 11 is 0. The van der Waals surface area contributed by atoms with Crippen molar-refractivity contribution in [3.63, 3.8) is 0 Å². The van der Waals surface area contributed by atoms with Gasteiger partial charge in [0.2, 0.25) is 11.8 Å². The van der Waals surface area contributed by atoms with Crippen LogP contribution in [0.5, 0.6) is 0 Å². The highest BCUT2D eigenvalue weighted by Crippen LogP contribution is 2.42. The SMILES string of the molecule is Cc1cccc(CN2CCC3(CCCN(C(=O)C4CC(C)C4)C3)C2=O)n1. The van der Waals surface area contributed by atoms with Gasteiger partial charge in [0.1, 0.15) is 0 Å². The fourth-order valence-electron chi connectivity index (χ4n) is 4.99. The number of pyridine rings is 1. The molecule has 0 radical (unpaired) electrons. The molecule has 3 aliphatic rings.